The van der Waals surface area contributed by atoms with Crippen molar-refractivity contribution < 1.29 is 24.5 Å². The van der Waals surface area contributed by atoms with Crippen molar-refractivity contribution in [1.29, 1.82) is 0 Å². The third kappa shape index (κ3) is 67.3. The fourth-order valence-electron chi connectivity index (χ4n) is 11.8. The molecule has 2 atom stereocenters. The fraction of sp³-hybridized carbons (Fsp3) is 0.920. The summed E-state index contributed by atoms with van der Waals surface area (Å²) in [6.07, 6.45) is 89.5. The van der Waals surface area contributed by atoms with E-state index in [1.54, 1.807) is 0 Å². The van der Waals surface area contributed by atoms with Gasteiger partial charge in [-0.25, -0.2) is 0 Å². The van der Waals surface area contributed by atoms with E-state index in [0.29, 0.717) is 25.9 Å². The number of unbranched alkanes of at least 4 members (excludes halogenated alkanes) is 55. The van der Waals surface area contributed by atoms with Crippen LogP contribution in [0, 0.1) is 0 Å². The second-order valence-electron chi connectivity index (χ2n) is 25.6. The largest absolute Gasteiger partial charge is 0.466 e. The first kappa shape index (κ1) is 79.3. The van der Waals surface area contributed by atoms with Gasteiger partial charge in [0.2, 0.25) is 5.91 Å². The van der Waals surface area contributed by atoms with Gasteiger partial charge in [0.25, 0.3) is 0 Å². The molecule has 0 fully saturated rings. The number of amides is 1. The Hall–Kier alpha value is -1.66. The summed E-state index contributed by atoms with van der Waals surface area (Å²) in [5.74, 6) is -0.0202. The fourth-order valence-corrected chi connectivity index (χ4v) is 11.8. The van der Waals surface area contributed by atoms with E-state index < -0.39 is 12.1 Å². The standard InChI is InChI=1S/C75H145NO5/c1-3-5-7-9-11-13-15-17-19-21-22-29-32-36-39-43-47-51-55-59-63-67-73(78)72(71-77)76-74(79)68-64-60-56-52-48-44-40-37-33-30-27-25-23-24-26-28-31-34-38-42-46-50-54-58-62-66-70-81-75(80)69-65-61-57-53-49-45-41-35-20-18-16-14-12-10-8-6-4-2/h18,20,23,25,72-73,77-78H,3-17,19,21-22,24,26-71H2,1-2H3,(H,76,79)/b20-18-,25-23-. The van der Waals surface area contributed by atoms with E-state index in [4.69, 9.17) is 4.74 Å². The summed E-state index contributed by atoms with van der Waals surface area (Å²) in [5, 5.41) is 23.4. The van der Waals surface area contributed by atoms with Crippen molar-refractivity contribution in [1.82, 2.24) is 5.32 Å². The molecule has 1 amide bonds. The first-order valence-corrected chi connectivity index (χ1v) is 37.1. The zero-order valence-electron chi connectivity index (χ0n) is 55.0. The minimum Gasteiger partial charge on any atom is -0.466 e. The molecule has 0 aromatic heterocycles. The van der Waals surface area contributed by atoms with Gasteiger partial charge in [0.1, 0.15) is 0 Å². The Kier molecular flexibility index (Phi) is 69.4. The molecule has 0 radical (unpaired) electrons. The summed E-state index contributed by atoms with van der Waals surface area (Å²) in [7, 11) is 0. The lowest BCUT2D eigenvalue weighted by atomic mass is 10.0. The van der Waals surface area contributed by atoms with E-state index in [1.807, 2.05) is 0 Å². The summed E-state index contributed by atoms with van der Waals surface area (Å²) in [5.41, 5.74) is 0. The summed E-state index contributed by atoms with van der Waals surface area (Å²) in [6, 6.07) is -0.544. The van der Waals surface area contributed by atoms with Crippen molar-refractivity contribution in [2.45, 2.75) is 431 Å². The van der Waals surface area contributed by atoms with Gasteiger partial charge in [0, 0.05) is 12.8 Å². The first-order valence-electron chi connectivity index (χ1n) is 37.1. The molecule has 0 bridgehead atoms. The maximum absolute atomic E-state index is 12.6. The molecule has 6 nitrogen and oxygen atoms in total. The molecule has 0 rings (SSSR count). The van der Waals surface area contributed by atoms with Crippen molar-refractivity contribution in [3.8, 4) is 0 Å². The maximum Gasteiger partial charge on any atom is 0.305 e. The molecule has 0 saturated heterocycles. The van der Waals surface area contributed by atoms with Crippen LogP contribution in [0.15, 0.2) is 24.3 Å². The van der Waals surface area contributed by atoms with Crippen LogP contribution in [0.3, 0.4) is 0 Å². The predicted octanol–water partition coefficient (Wildman–Crippen LogP) is 24.1. The Morgan fingerprint density at radius 3 is 0.877 bits per heavy atom. The second-order valence-corrected chi connectivity index (χ2v) is 25.6. The van der Waals surface area contributed by atoms with Gasteiger partial charge in [-0.3, -0.25) is 9.59 Å². The molecule has 0 heterocycles. The number of ether oxygens (including phenoxy) is 1. The lowest BCUT2D eigenvalue weighted by Gasteiger charge is -2.22. The average Bonchev–Trinajstić information content (AvgIpc) is 3.47. The van der Waals surface area contributed by atoms with E-state index >= 15 is 0 Å². The summed E-state index contributed by atoms with van der Waals surface area (Å²) in [6.45, 7) is 4.99. The van der Waals surface area contributed by atoms with Crippen LogP contribution in [0.2, 0.25) is 0 Å². The van der Waals surface area contributed by atoms with Crippen molar-refractivity contribution in [2.75, 3.05) is 13.2 Å². The second kappa shape index (κ2) is 70.8. The average molecular weight is 1140 g/mol. The van der Waals surface area contributed by atoms with E-state index in [-0.39, 0.29) is 18.5 Å². The third-order valence-electron chi connectivity index (χ3n) is 17.5. The first-order chi connectivity index (χ1) is 40.0. The Bertz CT molecular complexity index is 1270. The number of nitrogens with one attached hydrogen (secondary N) is 1. The van der Waals surface area contributed by atoms with Crippen LogP contribution < -0.4 is 5.32 Å². The van der Waals surface area contributed by atoms with Crippen LogP contribution in [0.1, 0.15) is 418 Å². The predicted molar refractivity (Wildman–Crippen MR) is 356 cm³/mol. The zero-order chi connectivity index (χ0) is 58.5. The van der Waals surface area contributed by atoms with Crippen molar-refractivity contribution >= 4 is 11.9 Å². The summed E-state index contributed by atoms with van der Waals surface area (Å²) >= 11 is 0. The lowest BCUT2D eigenvalue weighted by Crippen LogP contribution is -2.45. The number of carbonyl (C=O) groups is 2. The highest BCUT2D eigenvalue weighted by atomic mass is 16.5. The molecule has 3 N–H and O–H groups in total. The summed E-state index contributed by atoms with van der Waals surface area (Å²) in [4.78, 5) is 24.7. The molecular formula is C75H145NO5. The molecule has 2 unspecified atom stereocenters. The number of aliphatic hydroxyl groups excluding tert-OH is 2. The quantitative estimate of drug-likeness (QED) is 0.0320. The topological polar surface area (TPSA) is 95.9 Å². The molecule has 0 saturated carbocycles. The Morgan fingerprint density at radius 1 is 0.333 bits per heavy atom. The van der Waals surface area contributed by atoms with Crippen LogP contribution in [-0.2, 0) is 14.3 Å². The van der Waals surface area contributed by atoms with Crippen LogP contribution in [0.25, 0.3) is 0 Å². The van der Waals surface area contributed by atoms with Crippen LogP contribution >= 0.6 is 0 Å². The van der Waals surface area contributed by atoms with E-state index in [0.717, 1.165) is 44.9 Å². The van der Waals surface area contributed by atoms with Crippen molar-refractivity contribution in [3.05, 3.63) is 24.3 Å². The SMILES string of the molecule is CCCCCCCC/C=C\CCCCCCCCCC(=O)OCCCCCCCCCCCCCC/C=C\CCCCCCCCCCCCC(=O)NC(CO)C(O)CCCCCCCCCCCCCCCCCCCCCCC. The van der Waals surface area contributed by atoms with E-state index in [1.165, 1.54) is 340 Å². The molecule has 0 aliphatic heterocycles. The monoisotopic (exact) mass is 1140 g/mol. The molecule has 0 aliphatic carbocycles. The highest BCUT2D eigenvalue weighted by molar-refractivity contribution is 5.76. The number of hydrogen-bond acceptors (Lipinski definition) is 5. The highest BCUT2D eigenvalue weighted by Crippen LogP contribution is 2.19. The third-order valence-corrected chi connectivity index (χ3v) is 17.5. The van der Waals surface area contributed by atoms with Gasteiger partial charge < -0.3 is 20.3 Å². The Balaban J connectivity index is 3.38. The number of esters is 1. The van der Waals surface area contributed by atoms with Crippen LogP contribution in [0.4, 0.5) is 0 Å². The molecule has 0 aliphatic rings. The molecule has 480 valence electrons. The number of allylic oxidation sites excluding steroid dienone is 4. The van der Waals surface area contributed by atoms with Crippen LogP contribution in [-0.4, -0.2) is 47.4 Å². The van der Waals surface area contributed by atoms with Crippen molar-refractivity contribution in [3.63, 3.8) is 0 Å². The van der Waals surface area contributed by atoms with Gasteiger partial charge in [0.05, 0.1) is 25.4 Å². The normalized spacial score (nSPS) is 12.6. The van der Waals surface area contributed by atoms with Gasteiger partial charge in [-0.15, -0.1) is 0 Å². The minimum atomic E-state index is -0.667. The Morgan fingerprint density at radius 2 is 0.580 bits per heavy atom. The molecule has 0 aromatic rings. The van der Waals surface area contributed by atoms with Crippen LogP contribution in [0.5, 0.6) is 0 Å². The summed E-state index contributed by atoms with van der Waals surface area (Å²) < 4.78 is 5.50. The smallest absolute Gasteiger partial charge is 0.305 e. The van der Waals surface area contributed by atoms with Gasteiger partial charge in [-0.1, -0.05) is 353 Å². The van der Waals surface area contributed by atoms with E-state index in [2.05, 4.69) is 43.5 Å². The highest BCUT2D eigenvalue weighted by Gasteiger charge is 2.20. The van der Waals surface area contributed by atoms with Crippen molar-refractivity contribution in [2.24, 2.45) is 0 Å². The zero-order valence-corrected chi connectivity index (χ0v) is 55.0. The molecule has 0 aromatic carbocycles. The molecular weight excluding hydrogens is 995 g/mol. The molecule has 6 heteroatoms. The molecule has 0 spiro atoms. The number of hydrogen-bond donors (Lipinski definition) is 3. The maximum atomic E-state index is 12.6. The number of carbonyl (C=O) groups excluding carboxylic acids is 2. The lowest BCUT2D eigenvalue weighted by molar-refractivity contribution is -0.143. The van der Waals surface area contributed by atoms with Gasteiger partial charge in [-0.2, -0.15) is 0 Å². The number of rotatable bonds is 70. The number of aliphatic hydroxyl groups is 2. The van der Waals surface area contributed by atoms with Gasteiger partial charge >= 0.3 is 5.97 Å². The minimum absolute atomic E-state index is 0.0120. The Labute approximate surface area is 507 Å². The molecule has 81 heavy (non-hydrogen) atoms. The van der Waals surface area contributed by atoms with Gasteiger partial charge in [0.15, 0.2) is 0 Å². The van der Waals surface area contributed by atoms with E-state index in [9.17, 15) is 19.8 Å². The van der Waals surface area contributed by atoms with Gasteiger partial charge in [-0.05, 0) is 77.0 Å².